The smallest absolute Gasteiger partial charge is 0.311 e. The van der Waals surface area contributed by atoms with E-state index in [-0.39, 0.29) is 24.9 Å². The number of anilines is 1. The summed E-state index contributed by atoms with van der Waals surface area (Å²) < 4.78 is 7.00. The lowest BCUT2D eigenvalue weighted by atomic mass is 10.1. The molecule has 1 fully saturated rings. The molecule has 24 heavy (non-hydrogen) atoms. The molecule has 1 saturated heterocycles. The van der Waals surface area contributed by atoms with Gasteiger partial charge in [0, 0.05) is 37.5 Å². The Hall–Kier alpha value is -2.63. The summed E-state index contributed by atoms with van der Waals surface area (Å²) in [6.07, 6.45) is 4.51. The summed E-state index contributed by atoms with van der Waals surface area (Å²) in [5.74, 6) is -0.776. The van der Waals surface area contributed by atoms with E-state index in [4.69, 9.17) is 4.74 Å². The molecular formula is C18H21N3O3. The molecule has 1 aliphatic rings. The van der Waals surface area contributed by atoms with Crippen LogP contribution in [-0.2, 0) is 34.4 Å². The third-order valence-corrected chi connectivity index (χ3v) is 4.26. The van der Waals surface area contributed by atoms with Crippen molar-refractivity contribution in [3.05, 3.63) is 47.8 Å². The molecule has 0 bridgehead atoms. The summed E-state index contributed by atoms with van der Waals surface area (Å²) in [6.45, 7) is 2.61. The van der Waals surface area contributed by atoms with E-state index < -0.39 is 5.92 Å². The van der Waals surface area contributed by atoms with Gasteiger partial charge in [-0.1, -0.05) is 25.1 Å². The highest BCUT2D eigenvalue weighted by Crippen LogP contribution is 2.29. The van der Waals surface area contributed by atoms with E-state index in [1.807, 2.05) is 31.3 Å². The Bertz CT molecular complexity index is 753. The van der Waals surface area contributed by atoms with Gasteiger partial charge in [-0.2, -0.15) is 5.10 Å². The molecule has 3 rings (SSSR count). The van der Waals surface area contributed by atoms with Crippen molar-refractivity contribution in [1.82, 2.24) is 9.78 Å². The molecule has 126 valence electrons. The second-order valence-electron chi connectivity index (χ2n) is 6.02. The molecule has 1 aromatic carbocycles. The molecule has 1 atom stereocenters. The summed E-state index contributed by atoms with van der Waals surface area (Å²) in [5, 5.41) is 4.04. The number of aryl methyl sites for hydroxylation is 2. The summed E-state index contributed by atoms with van der Waals surface area (Å²) in [7, 11) is 1.81. The van der Waals surface area contributed by atoms with Gasteiger partial charge in [-0.3, -0.25) is 14.3 Å². The van der Waals surface area contributed by atoms with E-state index >= 15 is 0 Å². The largest absolute Gasteiger partial charge is 0.460 e. The van der Waals surface area contributed by atoms with E-state index in [0.29, 0.717) is 6.54 Å². The highest BCUT2D eigenvalue weighted by atomic mass is 16.5. The molecule has 1 amide bonds. The number of rotatable bonds is 5. The number of benzene rings is 1. The Morgan fingerprint density at radius 1 is 1.38 bits per heavy atom. The lowest BCUT2D eigenvalue weighted by Gasteiger charge is -2.19. The Morgan fingerprint density at radius 2 is 2.17 bits per heavy atom. The molecule has 0 unspecified atom stereocenters. The molecule has 0 aliphatic carbocycles. The van der Waals surface area contributed by atoms with Crippen LogP contribution in [0.1, 0.15) is 24.5 Å². The van der Waals surface area contributed by atoms with Gasteiger partial charge >= 0.3 is 5.97 Å². The van der Waals surface area contributed by atoms with Gasteiger partial charge in [-0.25, -0.2) is 0 Å². The van der Waals surface area contributed by atoms with Crippen LogP contribution in [0.15, 0.2) is 36.7 Å². The van der Waals surface area contributed by atoms with E-state index in [1.54, 1.807) is 22.0 Å². The monoisotopic (exact) mass is 327 g/mol. The summed E-state index contributed by atoms with van der Waals surface area (Å²) >= 11 is 0. The van der Waals surface area contributed by atoms with Crippen molar-refractivity contribution in [3.8, 4) is 0 Å². The van der Waals surface area contributed by atoms with Crippen LogP contribution in [0.25, 0.3) is 0 Å². The van der Waals surface area contributed by atoms with Crippen molar-refractivity contribution in [1.29, 1.82) is 0 Å². The second kappa shape index (κ2) is 6.86. The number of esters is 1. The number of hydrogen-bond acceptors (Lipinski definition) is 4. The van der Waals surface area contributed by atoms with Crippen LogP contribution in [0.2, 0.25) is 0 Å². The first-order chi connectivity index (χ1) is 11.6. The standard InChI is InChI=1S/C18H21N3O3/c1-3-14-6-4-5-7-16(14)21-11-15(8-17(21)22)18(23)24-12-13-9-19-20(2)10-13/h4-7,9-10,15H,3,8,11-12H2,1-2H3/t15-/m1/s1. The average Bonchev–Trinajstić information content (AvgIpc) is 3.18. The van der Waals surface area contributed by atoms with E-state index in [0.717, 1.165) is 23.2 Å². The average molecular weight is 327 g/mol. The Balaban J connectivity index is 1.64. The highest BCUT2D eigenvalue weighted by molar-refractivity contribution is 6.00. The maximum Gasteiger partial charge on any atom is 0.311 e. The summed E-state index contributed by atoms with van der Waals surface area (Å²) in [5.41, 5.74) is 2.84. The molecule has 1 aliphatic heterocycles. The number of hydrogen-bond donors (Lipinski definition) is 0. The predicted octanol–water partition coefficient (Wildman–Crippen LogP) is 2.08. The fourth-order valence-electron chi connectivity index (χ4n) is 2.99. The van der Waals surface area contributed by atoms with Gasteiger partial charge in [-0.05, 0) is 18.1 Å². The lowest BCUT2D eigenvalue weighted by Crippen LogP contribution is -2.27. The van der Waals surface area contributed by atoms with Crippen LogP contribution >= 0.6 is 0 Å². The van der Waals surface area contributed by atoms with Crippen LogP contribution in [0.5, 0.6) is 0 Å². The highest BCUT2D eigenvalue weighted by Gasteiger charge is 2.36. The van der Waals surface area contributed by atoms with Gasteiger partial charge in [0.15, 0.2) is 0 Å². The SMILES string of the molecule is CCc1ccccc1N1C[C@H](C(=O)OCc2cnn(C)c2)CC1=O. The minimum Gasteiger partial charge on any atom is -0.460 e. The van der Waals surface area contributed by atoms with Crippen molar-refractivity contribution < 1.29 is 14.3 Å². The van der Waals surface area contributed by atoms with Gasteiger partial charge in [0.2, 0.25) is 5.91 Å². The number of para-hydroxylation sites is 1. The molecule has 0 spiro atoms. The molecule has 0 saturated carbocycles. The van der Waals surface area contributed by atoms with Gasteiger partial charge in [-0.15, -0.1) is 0 Å². The molecule has 6 nitrogen and oxygen atoms in total. The van der Waals surface area contributed by atoms with Gasteiger partial charge in [0.25, 0.3) is 0 Å². The molecule has 6 heteroatoms. The molecular weight excluding hydrogens is 306 g/mol. The Morgan fingerprint density at radius 3 is 2.88 bits per heavy atom. The minimum atomic E-state index is -0.418. The number of ether oxygens (including phenoxy) is 1. The first-order valence-electron chi connectivity index (χ1n) is 8.11. The van der Waals surface area contributed by atoms with Crippen LogP contribution in [0.4, 0.5) is 5.69 Å². The normalized spacial score (nSPS) is 17.3. The minimum absolute atomic E-state index is 0.0285. The third-order valence-electron chi connectivity index (χ3n) is 4.26. The number of carbonyl (C=O) groups is 2. The van der Waals surface area contributed by atoms with Crippen molar-refractivity contribution >= 4 is 17.6 Å². The van der Waals surface area contributed by atoms with E-state index in [1.165, 1.54) is 0 Å². The van der Waals surface area contributed by atoms with Crippen molar-refractivity contribution in [2.75, 3.05) is 11.4 Å². The van der Waals surface area contributed by atoms with Gasteiger partial charge in [0.1, 0.15) is 6.61 Å². The number of amides is 1. The fraction of sp³-hybridized carbons (Fsp3) is 0.389. The number of aromatic nitrogens is 2. The number of nitrogens with zero attached hydrogens (tertiary/aromatic N) is 3. The van der Waals surface area contributed by atoms with Crippen molar-refractivity contribution in [3.63, 3.8) is 0 Å². The zero-order valence-electron chi connectivity index (χ0n) is 13.9. The molecule has 0 radical (unpaired) electrons. The molecule has 1 aromatic heterocycles. The molecule has 2 heterocycles. The van der Waals surface area contributed by atoms with Crippen molar-refractivity contribution in [2.24, 2.45) is 13.0 Å². The lowest BCUT2D eigenvalue weighted by molar-refractivity contribution is -0.149. The second-order valence-corrected chi connectivity index (χ2v) is 6.02. The third kappa shape index (κ3) is 3.32. The van der Waals surface area contributed by atoms with Crippen LogP contribution in [-0.4, -0.2) is 28.2 Å². The van der Waals surface area contributed by atoms with E-state index in [2.05, 4.69) is 12.0 Å². The molecule has 0 N–H and O–H groups in total. The zero-order valence-corrected chi connectivity index (χ0v) is 13.9. The molecule has 2 aromatic rings. The topological polar surface area (TPSA) is 64.4 Å². The predicted molar refractivity (Wildman–Crippen MR) is 89.3 cm³/mol. The first-order valence-corrected chi connectivity index (χ1v) is 8.11. The van der Waals surface area contributed by atoms with Crippen molar-refractivity contribution in [2.45, 2.75) is 26.4 Å². The summed E-state index contributed by atoms with van der Waals surface area (Å²) in [4.78, 5) is 26.3. The van der Waals surface area contributed by atoms with Gasteiger partial charge in [0.05, 0.1) is 12.1 Å². The quantitative estimate of drug-likeness (QED) is 0.789. The first kappa shape index (κ1) is 16.2. The maximum atomic E-state index is 12.3. The Kier molecular flexibility index (Phi) is 4.64. The van der Waals surface area contributed by atoms with Crippen LogP contribution in [0.3, 0.4) is 0 Å². The fourth-order valence-corrected chi connectivity index (χ4v) is 2.99. The number of carbonyl (C=O) groups excluding carboxylic acids is 2. The van der Waals surface area contributed by atoms with Crippen LogP contribution < -0.4 is 4.90 Å². The maximum absolute atomic E-state index is 12.3. The van der Waals surface area contributed by atoms with Crippen LogP contribution in [0, 0.1) is 5.92 Å². The van der Waals surface area contributed by atoms with E-state index in [9.17, 15) is 9.59 Å². The zero-order chi connectivity index (χ0) is 17.1. The Labute approximate surface area is 141 Å². The summed E-state index contributed by atoms with van der Waals surface area (Å²) in [6, 6.07) is 7.81. The van der Waals surface area contributed by atoms with Gasteiger partial charge < -0.3 is 9.64 Å².